The Balaban J connectivity index is 1.59. The van der Waals surface area contributed by atoms with Gasteiger partial charge in [0.25, 0.3) is 0 Å². The molecule has 2 aromatic carbocycles. The molecule has 1 saturated heterocycles. The molecule has 32 heavy (non-hydrogen) atoms. The molecule has 1 aromatic heterocycles. The Morgan fingerprint density at radius 2 is 1.91 bits per heavy atom. The van der Waals surface area contributed by atoms with Crippen LogP contribution in [0, 0.1) is 5.92 Å². The molecular weight excluding hydrogens is 420 g/mol. The Labute approximate surface area is 192 Å². The zero-order chi connectivity index (χ0) is 22.8. The Morgan fingerprint density at radius 1 is 1.16 bits per heavy atom. The molecule has 3 N–H and O–H groups in total. The molecular formula is C25H30N4O2S. The first-order valence-electron chi connectivity index (χ1n) is 11.2. The molecule has 3 atom stereocenters. The van der Waals surface area contributed by atoms with Crippen molar-refractivity contribution in [1.29, 1.82) is 0 Å². The van der Waals surface area contributed by atoms with Crippen LogP contribution in [0.2, 0.25) is 0 Å². The normalized spacial score (nSPS) is 18.2. The van der Waals surface area contributed by atoms with E-state index in [-0.39, 0.29) is 23.8 Å². The van der Waals surface area contributed by atoms with Crippen molar-refractivity contribution in [3.63, 3.8) is 0 Å². The number of aromatic nitrogens is 1. The average molecular weight is 451 g/mol. The molecule has 2 heterocycles. The van der Waals surface area contributed by atoms with Gasteiger partial charge in [0.2, 0.25) is 11.8 Å². The van der Waals surface area contributed by atoms with Gasteiger partial charge in [0, 0.05) is 17.5 Å². The summed E-state index contributed by atoms with van der Waals surface area (Å²) in [6.07, 6.45) is 1.80. The van der Waals surface area contributed by atoms with Gasteiger partial charge in [0.1, 0.15) is 11.0 Å². The third-order valence-electron chi connectivity index (χ3n) is 6.05. The Hall–Kier alpha value is -2.77. The van der Waals surface area contributed by atoms with Gasteiger partial charge in [-0.25, -0.2) is 4.98 Å². The first-order chi connectivity index (χ1) is 15.4. The molecule has 1 fully saturated rings. The van der Waals surface area contributed by atoms with Crippen LogP contribution in [0.1, 0.15) is 44.7 Å². The maximum Gasteiger partial charge on any atom is 0.246 e. The van der Waals surface area contributed by atoms with Crippen LogP contribution in [0.5, 0.6) is 0 Å². The smallest absolute Gasteiger partial charge is 0.246 e. The number of likely N-dealkylation sites (tertiary alicyclic amines) is 1. The number of nitrogens with zero attached hydrogens (tertiary/aromatic N) is 2. The highest BCUT2D eigenvalue weighted by Crippen LogP contribution is 2.37. The van der Waals surface area contributed by atoms with E-state index >= 15 is 0 Å². The average Bonchev–Trinajstić information content (AvgIpc) is 3.45. The number of benzene rings is 2. The van der Waals surface area contributed by atoms with Gasteiger partial charge in [-0.3, -0.25) is 9.59 Å². The van der Waals surface area contributed by atoms with E-state index in [1.54, 1.807) is 18.3 Å². The Bertz CT molecular complexity index is 1120. The fraction of sp³-hybridized carbons (Fsp3) is 0.400. The molecule has 7 heteroatoms. The van der Waals surface area contributed by atoms with Crippen molar-refractivity contribution in [2.75, 3.05) is 6.54 Å². The number of fused-ring (bicyclic) bond motifs is 1. The number of hydrogen-bond donors (Lipinski definition) is 2. The molecule has 4 rings (SSSR count). The first kappa shape index (κ1) is 22.4. The quantitative estimate of drug-likeness (QED) is 0.591. The van der Waals surface area contributed by atoms with Gasteiger partial charge < -0.3 is 16.0 Å². The van der Waals surface area contributed by atoms with Crippen LogP contribution in [0.4, 0.5) is 0 Å². The lowest BCUT2D eigenvalue weighted by Gasteiger charge is -2.30. The van der Waals surface area contributed by atoms with Crippen molar-refractivity contribution >= 4 is 33.9 Å². The summed E-state index contributed by atoms with van der Waals surface area (Å²) < 4.78 is 0. The van der Waals surface area contributed by atoms with Gasteiger partial charge in [-0.1, -0.05) is 56.3 Å². The van der Waals surface area contributed by atoms with Crippen molar-refractivity contribution in [3.8, 4) is 11.3 Å². The van der Waals surface area contributed by atoms with E-state index in [2.05, 4.69) is 41.0 Å². The van der Waals surface area contributed by atoms with Gasteiger partial charge in [-0.15, -0.1) is 11.3 Å². The van der Waals surface area contributed by atoms with Crippen LogP contribution in [0.3, 0.4) is 0 Å². The summed E-state index contributed by atoms with van der Waals surface area (Å²) in [7, 11) is 0. The van der Waals surface area contributed by atoms with Gasteiger partial charge in [0.05, 0.1) is 17.8 Å². The molecule has 0 aliphatic carbocycles. The van der Waals surface area contributed by atoms with E-state index < -0.39 is 12.1 Å². The van der Waals surface area contributed by atoms with Crippen molar-refractivity contribution in [1.82, 2.24) is 15.2 Å². The molecule has 3 aromatic rings. The van der Waals surface area contributed by atoms with Gasteiger partial charge >= 0.3 is 0 Å². The molecule has 0 radical (unpaired) electrons. The predicted octanol–water partition coefficient (Wildman–Crippen LogP) is 4.11. The van der Waals surface area contributed by atoms with Crippen molar-refractivity contribution in [3.05, 3.63) is 52.9 Å². The zero-order valence-corrected chi connectivity index (χ0v) is 19.6. The molecule has 0 saturated carbocycles. The van der Waals surface area contributed by atoms with E-state index in [4.69, 9.17) is 10.7 Å². The summed E-state index contributed by atoms with van der Waals surface area (Å²) in [5.74, 6) is -0.396. The standard InChI is InChI=1S/C25H30N4O2S/c1-15(2)22(28-23(30)16(3)26)25(31)29-13-7-12-21(29)24-27-20(14-32-24)19-11-6-9-17-8-4-5-10-18(17)19/h4-6,8-11,14-16,21-22H,7,12-13,26H2,1-3H3,(H,28,30)/t16-,21-,22-/m0/s1. The van der Waals surface area contributed by atoms with Crippen molar-refractivity contribution in [2.24, 2.45) is 11.7 Å². The summed E-state index contributed by atoms with van der Waals surface area (Å²) in [4.78, 5) is 32.4. The molecule has 1 aliphatic heterocycles. The monoisotopic (exact) mass is 450 g/mol. The number of thiazole rings is 1. The number of carbonyl (C=O) groups excluding carboxylic acids is 2. The maximum absolute atomic E-state index is 13.4. The van der Waals surface area contributed by atoms with Crippen molar-refractivity contribution in [2.45, 2.75) is 51.7 Å². The molecule has 0 unspecified atom stereocenters. The Kier molecular flexibility index (Phi) is 6.58. The van der Waals surface area contributed by atoms with Crippen molar-refractivity contribution < 1.29 is 9.59 Å². The number of rotatable bonds is 6. The summed E-state index contributed by atoms with van der Waals surface area (Å²) in [5.41, 5.74) is 7.75. The van der Waals surface area contributed by atoms with Gasteiger partial charge in [-0.05, 0) is 36.5 Å². The molecule has 0 spiro atoms. The van der Waals surface area contributed by atoms with E-state index in [9.17, 15) is 9.59 Å². The minimum Gasteiger partial charge on any atom is -0.343 e. The lowest BCUT2D eigenvalue weighted by Crippen LogP contribution is -2.54. The third kappa shape index (κ3) is 4.40. The maximum atomic E-state index is 13.4. The number of nitrogens with two attached hydrogens (primary N) is 1. The minimum absolute atomic E-state index is 0.0333. The highest BCUT2D eigenvalue weighted by Gasteiger charge is 2.37. The fourth-order valence-corrected chi connectivity index (χ4v) is 5.24. The lowest BCUT2D eigenvalue weighted by atomic mass is 10.0. The highest BCUT2D eigenvalue weighted by atomic mass is 32.1. The molecule has 1 aliphatic rings. The lowest BCUT2D eigenvalue weighted by molar-refractivity contribution is -0.138. The van der Waals surface area contributed by atoms with E-state index in [0.717, 1.165) is 29.1 Å². The van der Waals surface area contributed by atoms with Gasteiger partial charge in [0.15, 0.2) is 0 Å². The zero-order valence-electron chi connectivity index (χ0n) is 18.7. The summed E-state index contributed by atoms with van der Waals surface area (Å²) in [5, 5.41) is 8.22. The molecule has 2 amide bonds. The van der Waals surface area contributed by atoms with E-state index in [1.165, 1.54) is 10.8 Å². The molecule has 6 nitrogen and oxygen atoms in total. The SMILES string of the molecule is CC(C)[C@H](NC(=O)[C@H](C)N)C(=O)N1CCC[C@H]1c1nc(-c2cccc3ccccc23)cs1. The van der Waals surface area contributed by atoms with Crippen LogP contribution in [0.15, 0.2) is 47.8 Å². The van der Waals surface area contributed by atoms with Crippen LogP contribution in [-0.2, 0) is 9.59 Å². The predicted molar refractivity (Wildman–Crippen MR) is 129 cm³/mol. The first-order valence-corrected chi connectivity index (χ1v) is 12.0. The van der Waals surface area contributed by atoms with Crippen LogP contribution >= 0.6 is 11.3 Å². The molecule has 0 bridgehead atoms. The number of nitrogens with one attached hydrogen (secondary N) is 1. The Morgan fingerprint density at radius 3 is 2.66 bits per heavy atom. The van der Waals surface area contributed by atoms with Crippen LogP contribution in [0.25, 0.3) is 22.0 Å². The van der Waals surface area contributed by atoms with E-state index in [1.807, 2.05) is 30.9 Å². The minimum atomic E-state index is -0.652. The van der Waals surface area contributed by atoms with Crippen LogP contribution in [-0.4, -0.2) is 40.3 Å². The summed E-state index contributed by atoms with van der Waals surface area (Å²) in [6.45, 7) is 6.18. The summed E-state index contributed by atoms with van der Waals surface area (Å²) in [6, 6.07) is 13.2. The second-order valence-electron chi connectivity index (χ2n) is 8.81. The number of amides is 2. The second-order valence-corrected chi connectivity index (χ2v) is 9.70. The third-order valence-corrected chi connectivity index (χ3v) is 7.00. The largest absolute Gasteiger partial charge is 0.343 e. The number of carbonyl (C=O) groups is 2. The van der Waals surface area contributed by atoms with E-state index in [0.29, 0.717) is 6.54 Å². The van der Waals surface area contributed by atoms with Gasteiger partial charge in [-0.2, -0.15) is 0 Å². The fourth-order valence-electron chi connectivity index (χ4n) is 4.28. The highest BCUT2D eigenvalue weighted by molar-refractivity contribution is 7.10. The molecule has 168 valence electrons. The second kappa shape index (κ2) is 9.38. The van der Waals surface area contributed by atoms with Crippen LogP contribution < -0.4 is 11.1 Å². The number of hydrogen-bond acceptors (Lipinski definition) is 5. The summed E-state index contributed by atoms with van der Waals surface area (Å²) >= 11 is 1.60. The topological polar surface area (TPSA) is 88.3 Å².